The lowest BCUT2D eigenvalue weighted by molar-refractivity contribution is -0.123. The molecule has 0 heterocycles. The summed E-state index contributed by atoms with van der Waals surface area (Å²) in [5.74, 6) is 1.18. The molecule has 0 radical (unpaired) electrons. The van der Waals surface area contributed by atoms with Gasteiger partial charge in [-0.15, -0.1) is 0 Å². The lowest BCUT2D eigenvalue weighted by atomic mass is 10.00. The van der Waals surface area contributed by atoms with E-state index in [4.69, 9.17) is 4.74 Å². The van der Waals surface area contributed by atoms with Crippen LogP contribution in [0.1, 0.15) is 37.9 Å². The Labute approximate surface area is 152 Å². The van der Waals surface area contributed by atoms with Gasteiger partial charge in [-0.1, -0.05) is 60.1 Å². The largest absolute Gasteiger partial charge is 0.484 e. The minimum atomic E-state index is -0.131. The zero-order valence-corrected chi connectivity index (χ0v) is 16.0. The number of nitrogens with one attached hydrogen (secondary N) is 1. The van der Waals surface area contributed by atoms with Crippen molar-refractivity contribution in [3.63, 3.8) is 0 Å². The summed E-state index contributed by atoms with van der Waals surface area (Å²) in [6.07, 6.45) is 1.07. The van der Waals surface area contributed by atoms with Crippen molar-refractivity contribution in [2.75, 3.05) is 6.61 Å². The van der Waals surface area contributed by atoms with E-state index in [-0.39, 0.29) is 18.6 Å². The van der Waals surface area contributed by atoms with Crippen molar-refractivity contribution in [1.29, 1.82) is 0 Å². The molecule has 2 aromatic carbocycles. The fourth-order valence-corrected chi connectivity index (χ4v) is 2.86. The minimum absolute atomic E-state index is 0.00618. The number of ether oxygens (including phenoxy) is 1. The highest BCUT2D eigenvalue weighted by atomic mass is 79.9. The van der Waals surface area contributed by atoms with Gasteiger partial charge in [0.05, 0.1) is 6.04 Å². The fraction of sp³-hybridized carbons (Fsp3) is 0.350. The van der Waals surface area contributed by atoms with E-state index in [0.29, 0.717) is 11.7 Å². The Morgan fingerprint density at radius 2 is 1.83 bits per heavy atom. The van der Waals surface area contributed by atoms with Crippen molar-refractivity contribution in [3.8, 4) is 5.75 Å². The van der Waals surface area contributed by atoms with E-state index in [1.54, 1.807) is 0 Å². The predicted molar refractivity (Wildman–Crippen MR) is 101 cm³/mol. The van der Waals surface area contributed by atoms with E-state index in [1.165, 1.54) is 5.56 Å². The van der Waals surface area contributed by atoms with Gasteiger partial charge in [0.2, 0.25) is 0 Å². The number of carbonyl (C=O) groups excluding carboxylic acids is 1. The van der Waals surface area contributed by atoms with Gasteiger partial charge in [0.1, 0.15) is 5.75 Å². The van der Waals surface area contributed by atoms with Gasteiger partial charge in [0, 0.05) is 4.47 Å². The molecule has 0 saturated carbocycles. The second kappa shape index (κ2) is 8.88. The van der Waals surface area contributed by atoms with Crippen LogP contribution in [-0.4, -0.2) is 12.5 Å². The van der Waals surface area contributed by atoms with Crippen LogP contribution in [0.15, 0.2) is 53.0 Å². The molecule has 4 heteroatoms. The van der Waals surface area contributed by atoms with E-state index in [0.717, 1.165) is 16.5 Å². The molecule has 3 nitrogen and oxygen atoms in total. The molecule has 0 aliphatic carbocycles. The highest BCUT2D eigenvalue weighted by Crippen LogP contribution is 2.18. The van der Waals surface area contributed by atoms with Crippen LogP contribution in [0.25, 0.3) is 0 Å². The molecule has 0 spiro atoms. The molecule has 1 atom stereocenters. The Morgan fingerprint density at radius 3 is 2.46 bits per heavy atom. The molecular formula is C20H24BrNO2. The Hall–Kier alpha value is -1.81. The number of benzene rings is 2. The summed E-state index contributed by atoms with van der Waals surface area (Å²) >= 11 is 3.38. The zero-order valence-electron chi connectivity index (χ0n) is 14.4. The van der Waals surface area contributed by atoms with Crippen LogP contribution in [0.5, 0.6) is 5.75 Å². The number of halogens is 1. The average Bonchev–Trinajstić information content (AvgIpc) is 2.53. The Bertz CT molecular complexity index is 668. The molecule has 0 fully saturated rings. The van der Waals surface area contributed by atoms with Crippen LogP contribution >= 0.6 is 15.9 Å². The maximum absolute atomic E-state index is 12.0. The first kappa shape index (κ1) is 18.5. The van der Waals surface area contributed by atoms with Crippen LogP contribution in [0.3, 0.4) is 0 Å². The first-order valence-electron chi connectivity index (χ1n) is 8.20. The van der Waals surface area contributed by atoms with Crippen molar-refractivity contribution in [1.82, 2.24) is 5.32 Å². The van der Waals surface area contributed by atoms with Gasteiger partial charge < -0.3 is 10.1 Å². The van der Waals surface area contributed by atoms with Crippen molar-refractivity contribution in [2.24, 2.45) is 5.92 Å². The number of amides is 1. The monoisotopic (exact) mass is 389 g/mol. The average molecular weight is 390 g/mol. The summed E-state index contributed by atoms with van der Waals surface area (Å²) in [4.78, 5) is 12.0. The molecule has 0 bridgehead atoms. The second-order valence-corrected chi connectivity index (χ2v) is 7.29. The third-order valence-electron chi connectivity index (χ3n) is 3.67. The predicted octanol–water partition coefficient (Wildman–Crippen LogP) is 4.90. The van der Waals surface area contributed by atoms with E-state index < -0.39 is 0 Å². The van der Waals surface area contributed by atoms with Crippen LogP contribution < -0.4 is 10.1 Å². The Balaban J connectivity index is 1.84. The van der Waals surface area contributed by atoms with E-state index in [2.05, 4.69) is 59.4 Å². The normalized spacial score (nSPS) is 12.0. The standard InChI is InChI=1S/C20H24BrNO2/c1-14(2)11-16-7-9-17(10-8-16)15(3)22-20(23)13-24-19-6-4-5-18(21)12-19/h4-10,12,14-15H,11,13H2,1-3H3,(H,22,23). The maximum atomic E-state index is 12.0. The van der Waals surface area contributed by atoms with Crippen LogP contribution in [-0.2, 0) is 11.2 Å². The summed E-state index contributed by atoms with van der Waals surface area (Å²) in [7, 11) is 0. The number of rotatable bonds is 7. The molecule has 24 heavy (non-hydrogen) atoms. The Kier molecular flexibility index (Phi) is 6.85. The van der Waals surface area contributed by atoms with Gasteiger partial charge >= 0.3 is 0 Å². The molecule has 0 aliphatic heterocycles. The van der Waals surface area contributed by atoms with Crippen LogP contribution in [0.4, 0.5) is 0 Å². The van der Waals surface area contributed by atoms with E-state index in [9.17, 15) is 4.79 Å². The minimum Gasteiger partial charge on any atom is -0.484 e. The maximum Gasteiger partial charge on any atom is 0.258 e. The summed E-state index contributed by atoms with van der Waals surface area (Å²) in [5, 5.41) is 2.97. The molecular weight excluding hydrogens is 366 g/mol. The summed E-state index contributed by atoms with van der Waals surface area (Å²) in [6.45, 7) is 6.41. The van der Waals surface area contributed by atoms with Crippen LogP contribution in [0, 0.1) is 5.92 Å². The second-order valence-electron chi connectivity index (χ2n) is 6.37. The quantitative estimate of drug-likeness (QED) is 0.730. The summed E-state index contributed by atoms with van der Waals surface area (Å²) in [5.41, 5.74) is 2.42. The van der Waals surface area contributed by atoms with Gasteiger partial charge in [-0.3, -0.25) is 4.79 Å². The topological polar surface area (TPSA) is 38.3 Å². The van der Waals surface area contributed by atoms with Gasteiger partial charge in [-0.2, -0.15) is 0 Å². The van der Waals surface area contributed by atoms with E-state index >= 15 is 0 Å². The summed E-state index contributed by atoms with van der Waals surface area (Å²) < 4.78 is 6.43. The molecule has 0 aliphatic rings. The molecule has 2 aromatic rings. The molecule has 1 amide bonds. The zero-order chi connectivity index (χ0) is 17.5. The number of carbonyl (C=O) groups is 1. The first-order chi connectivity index (χ1) is 11.4. The number of hydrogen-bond acceptors (Lipinski definition) is 2. The molecule has 2 rings (SSSR count). The Morgan fingerprint density at radius 1 is 1.12 bits per heavy atom. The highest BCUT2D eigenvalue weighted by Gasteiger charge is 2.10. The van der Waals surface area contributed by atoms with Crippen molar-refractivity contribution < 1.29 is 9.53 Å². The van der Waals surface area contributed by atoms with Crippen molar-refractivity contribution in [2.45, 2.75) is 33.2 Å². The lowest BCUT2D eigenvalue weighted by Gasteiger charge is -2.15. The highest BCUT2D eigenvalue weighted by molar-refractivity contribution is 9.10. The summed E-state index contributed by atoms with van der Waals surface area (Å²) in [6, 6.07) is 15.8. The molecule has 1 unspecified atom stereocenters. The fourth-order valence-electron chi connectivity index (χ4n) is 2.49. The smallest absolute Gasteiger partial charge is 0.258 e. The first-order valence-corrected chi connectivity index (χ1v) is 9.00. The molecule has 0 aromatic heterocycles. The van der Waals surface area contributed by atoms with Crippen molar-refractivity contribution >= 4 is 21.8 Å². The van der Waals surface area contributed by atoms with Gasteiger partial charge in [0.25, 0.3) is 5.91 Å². The molecule has 0 saturated heterocycles. The number of hydrogen-bond donors (Lipinski definition) is 1. The third-order valence-corrected chi connectivity index (χ3v) is 4.16. The molecule has 128 valence electrons. The SMILES string of the molecule is CC(C)Cc1ccc(C(C)NC(=O)COc2cccc(Br)c2)cc1. The van der Waals surface area contributed by atoms with E-state index in [1.807, 2.05) is 31.2 Å². The molecule has 1 N–H and O–H groups in total. The van der Waals surface area contributed by atoms with Gasteiger partial charge in [0.15, 0.2) is 6.61 Å². The van der Waals surface area contributed by atoms with Gasteiger partial charge in [-0.25, -0.2) is 0 Å². The third kappa shape index (κ3) is 6.00. The van der Waals surface area contributed by atoms with Gasteiger partial charge in [-0.05, 0) is 48.6 Å². The van der Waals surface area contributed by atoms with Crippen LogP contribution in [0.2, 0.25) is 0 Å². The lowest BCUT2D eigenvalue weighted by Crippen LogP contribution is -2.31. The van der Waals surface area contributed by atoms with Crippen molar-refractivity contribution in [3.05, 3.63) is 64.1 Å².